The van der Waals surface area contributed by atoms with Gasteiger partial charge in [0.1, 0.15) is 5.03 Å². The molecule has 12 heavy (non-hydrogen) atoms. The molecule has 0 aromatic carbocycles. The van der Waals surface area contributed by atoms with Gasteiger partial charge in [0.15, 0.2) is 0 Å². The molecule has 0 aromatic rings. The molecule has 0 bridgehead atoms. The van der Waals surface area contributed by atoms with Gasteiger partial charge in [0.05, 0.1) is 0 Å². The van der Waals surface area contributed by atoms with E-state index in [1.807, 2.05) is 13.8 Å². The summed E-state index contributed by atoms with van der Waals surface area (Å²) >= 11 is 0. The van der Waals surface area contributed by atoms with Crippen LogP contribution in [0, 0.1) is 5.92 Å². The first-order chi connectivity index (χ1) is 5.34. The Morgan fingerprint density at radius 3 is 2.42 bits per heavy atom. The average Bonchev–Trinajstić information content (AvgIpc) is 1.84. The molecule has 0 fully saturated rings. The minimum absolute atomic E-state index is 0.455. The fourth-order valence-electron chi connectivity index (χ4n) is 0.664. The Kier molecular flexibility index (Phi) is 4.26. The third-order valence-electron chi connectivity index (χ3n) is 1.39. The van der Waals surface area contributed by atoms with E-state index in [-0.39, 0.29) is 0 Å². The lowest BCUT2D eigenvalue weighted by Gasteiger charge is -2.00. The number of rotatable bonds is 4. The molecule has 0 radical (unpaired) electrons. The molecule has 0 heterocycles. The zero-order chi connectivity index (χ0) is 9.78. The van der Waals surface area contributed by atoms with Crippen molar-refractivity contribution >= 4 is 10.1 Å². The zero-order valence-electron chi connectivity index (χ0n) is 7.32. The van der Waals surface area contributed by atoms with Crippen LogP contribution in [0.25, 0.3) is 0 Å². The summed E-state index contributed by atoms with van der Waals surface area (Å²) in [5.74, 6) is 0.496. The molecule has 0 aliphatic carbocycles. The predicted molar refractivity (Wildman–Crippen MR) is 47.9 cm³/mol. The van der Waals surface area contributed by atoms with Gasteiger partial charge >= 0.3 is 10.1 Å². The highest BCUT2D eigenvalue weighted by Crippen LogP contribution is 2.06. The molecule has 4 nitrogen and oxygen atoms in total. The first-order valence-corrected chi connectivity index (χ1v) is 5.21. The van der Waals surface area contributed by atoms with Crippen LogP contribution < -0.4 is 5.73 Å². The Labute approximate surface area is 73.2 Å². The standard InChI is InChI=1S/C7H15NO3S/c1-6(2)4-3-5-7(8)12(9,10)11/h5-6H,3-4,8H2,1-2H3,(H,9,10,11). The predicted octanol–water partition coefficient (Wildman–Crippen LogP) is 1.11. The van der Waals surface area contributed by atoms with Gasteiger partial charge in [-0.2, -0.15) is 8.42 Å². The molecule has 0 aliphatic heterocycles. The summed E-state index contributed by atoms with van der Waals surface area (Å²) in [6, 6.07) is 0. The van der Waals surface area contributed by atoms with Crippen LogP contribution in [0.4, 0.5) is 0 Å². The molecule has 0 spiro atoms. The van der Waals surface area contributed by atoms with Gasteiger partial charge in [-0.15, -0.1) is 0 Å². The minimum Gasteiger partial charge on any atom is -0.388 e. The van der Waals surface area contributed by atoms with E-state index >= 15 is 0 Å². The van der Waals surface area contributed by atoms with Gasteiger partial charge in [-0.1, -0.05) is 13.8 Å². The van der Waals surface area contributed by atoms with Crippen molar-refractivity contribution in [2.24, 2.45) is 11.7 Å². The largest absolute Gasteiger partial charge is 0.388 e. The maximum atomic E-state index is 10.4. The van der Waals surface area contributed by atoms with E-state index in [0.717, 1.165) is 6.42 Å². The van der Waals surface area contributed by atoms with Crippen molar-refractivity contribution in [3.63, 3.8) is 0 Å². The van der Waals surface area contributed by atoms with Gasteiger partial charge in [-0.05, 0) is 24.8 Å². The Morgan fingerprint density at radius 2 is 2.08 bits per heavy atom. The first-order valence-electron chi connectivity index (χ1n) is 3.77. The van der Waals surface area contributed by atoms with Crippen molar-refractivity contribution in [2.45, 2.75) is 26.7 Å². The van der Waals surface area contributed by atoms with Crippen LogP contribution in [-0.2, 0) is 10.1 Å². The molecular formula is C7H15NO3S. The van der Waals surface area contributed by atoms with Crippen molar-refractivity contribution in [1.82, 2.24) is 0 Å². The number of nitrogens with two attached hydrogens (primary N) is 1. The third kappa shape index (κ3) is 5.15. The van der Waals surface area contributed by atoms with Crippen molar-refractivity contribution in [3.05, 3.63) is 11.1 Å². The molecule has 5 heteroatoms. The molecule has 3 N–H and O–H groups in total. The second-order valence-corrected chi connectivity index (χ2v) is 4.47. The maximum absolute atomic E-state index is 10.4. The molecule has 0 amide bonds. The normalized spacial score (nSPS) is 13.8. The summed E-state index contributed by atoms with van der Waals surface area (Å²) in [5.41, 5.74) is 5.06. The van der Waals surface area contributed by atoms with E-state index in [4.69, 9.17) is 10.3 Å². The molecule has 0 atom stereocenters. The fourth-order valence-corrected chi connectivity index (χ4v) is 0.993. The highest BCUT2D eigenvalue weighted by Gasteiger charge is 2.07. The van der Waals surface area contributed by atoms with Gasteiger partial charge < -0.3 is 5.73 Å². The van der Waals surface area contributed by atoms with Crippen molar-refractivity contribution in [3.8, 4) is 0 Å². The first kappa shape index (κ1) is 11.4. The smallest absolute Gasteiger partial charge is 0.309 e. The number of hydrogen-bond acceptors (Lipinski definition) is 3. The van der Waals surface area contributed by atoms with E-state index in [0.29, 0.717) is 12.3 Å². The zero-order valence-corrected chi connectivity index (χ0v) is 8.13. The van der Waals surface area contributed by atoms with Gasteiger partial charge in [0.2, 0.25) is 0 Å². The SMILES string of the molecule is CC(C)CCC=C(N)S(=O)(=O)O. The monoisotopic (exact) mass is 193 g/mol. The molecule has 0 unspecified atom stereocenters. The fraction of sp³-hybridized carbons (Fsp3) is 0.714. The molecule has 0 saturated heterocycles. The molecule has 0 aromatic heterocycles. The van der Waals surface area contributed by atoms with Crippen LogP contribution in [-0.4, -0.2) is 13.0 Å². The van der Waals surface area contributed by atoms with Crippen LogP contribution in [0.1, 0.15) is 26.7 Å². The van der Waals surface area contributed by atoms with Crippen LogP contribution in [0.3, 0.4) is 0 Å². The maximum Gasteiger partial charge on any atom is 0.309 e. The number of allylic oxidation sites excluding steroid dienone is 1. The summed E-state index contributed by atoms with van der Waals surface area (Å²) < 4.78 is 29.2. The minimum atomic E-state index is -4.16. The Bertz CT molecular complexity index is 254. The molecule has 0 saturated carbocycles. The molecule has 0 aliphatic rings. The lowest BCUT2D eigenvalue weighted by Crippen LogP contribution is -2.10. The Hall–Kier alpha value is -0.550. The van der Waals surface area contributed by atoms with E-state index in [2.05, 4.69) is 0 Å². The van der Waals surface area contributed by atoms with Crippen molar-refractivity contribution in [1.29, 1.82) is 0 Å². The van der Waals surface area contributed by atoms with Crippen LogP contribution >= 0.6 is 0 Å². The van der Waals surface area contributed by atoms with E-state index in [1.54, 1.807) is 0 Å². The van der Waals surface area contributed by atoms with Gasteiger partial charge in [0, 0.05) is 0 Å². The number of hydrogen-bond donors (Lipinski definition) is 2. The quantitative estimate of drug-likeness (QED) is 0.655. The molecule has 72 valence electrons. The lowest BCUT2D eigenvalue weighted by atomic mass is 10.1. The molecular weight excluding hydrogens is 178 g/mol. The lowest BCUT2D eigenvalue weighted by molar-refractivity contribution is 0.490. The topological polar surface area (TPSA) is 80.4 Å². The van der Waals surface area contributed by atoms with Gasteiger partial charge in [-0.3, -0.25) is 4.55 Å². The summed E-state index contributed by atoms with van der Waals surface area (Å²) in [5, 5.41) is -0.455. The molecule has 0 rings (SSSR count). The van der Waals surface area contributed by atoms with E-state index in [9.17, 15) is 8.42 Å². The van der Waals surface area contributed by atoms with Crippen LogP contribution in [0.15, 0.2) is 11.1 Å². The third-order valence-corrected chi connectivity index (χ3v) is 2.15. The van der Waals surface area contributed by atoms with Gasteiger partial charge in [0.25, 0.3) is 0 Å². The van der Waals surface area contributed by atoms with E-state index in [1.165, 1.54) is 6.08 Å². The highest BCUT2D eigenvalue weighted by atomic mass is 32.2. The van der Waals surface area contributed by atoms with Gasteiger partial charge in [-0.25, -0.2) is 0 Å². The van der Waals surface area contributed by atoms with Crippen molar-refractivity contribution in [2.75, 3.05) is 0 Å². The van der Waals surface area contributed by atoms with Crippen LogP contribution in [0.2, 0.25) is 0 Å². The summed E-state index contributed by atoms with van der Waals surface area (Å²) in [6.07, 6.45) is 2.76. The Morgan fingerprint density at radius 1 is 1.58 bits per heavy atom. The summed E-state index contributed by atoms with van der Waals surface area (Å²) in [7, 11) is -4.16. The van der Waals surface area contributed by atoms with Crippen LogP contribution in [0.5, 0.6) is 0 Å². The summed E-state index contributed by atoms with van der Waals surface area (Å²) in [6.45, 7) is 4.05. The second kappa shape index (κ2) is 4.47. The van der Waals surface area contributed by atoms with E-state index < -0.39 is 15.1 Å². The average molecular weight is 193 g/mol. The highest BCUT2D eigenvalue weighted by molar-refractivity contribution is 7.89. The second-order valence-electron chi connectivity index (χ2n) is 3.05. The van der Waals surface area contributed by atoms with Crippen molar-refractivity contribution < 1.29 is 13.0 Å². The summed E-state index contributed by atoms with van der Waals surface area (Å²) in [4.78, 5) is 0. The Balaban J connectivity index is 4.04.